The third-order valence-corrected chi connectivity index (χ3v) is 12.7. The molecule has 2 N–H and O–H groups in total. The maximum absolute atomic E-state index is 10.8. The first-order valence-corrected chi connectivity index (χ1v) is 13.5. The first-order valence-electron chi connectivity index (χ1n) is 13.5. The van der Waals surface area contributed by atoms with Gasteiger partial charge in [0.2, 0.25) is 0 Å². The third-order valence-electron chi connectivity index (χ3n) is 12.7. The molecule has 0 aliphatic heterocycles. The van der Waals surface area contributed by atoms with E-state index >= 15 is 0 Å². The molecule has 0 aromatic carbocycles. The summed E-state index contributed by atoms with van der Waals surface area (Å²) in [6.07, 6.45) is 15.6. The van der Waals surface area contributed by atoms with E-state index in [0.717, 1.165) is 12.8 Å². The van der Waals surface area contributed by atoms with E-state index in [1.165, 1.54) is 44.9 Å². The minimum atomic E-state index is -0.203. The number of aliphatic hydroxyl groups excluding tert-OH is 2. The lowest BCUT2D eigenvalue weighted by Crippen LogP contribution is -2.60. The molecule has 0 radical (unpaired) electrons. The van der Waals surface area contributed by atoms with E-state index in [2.05, 4.69) is 60.6 Å². The van der Waals surface area contributed by atoms with E-state index in [1.807, 2.05) is 0 Å². The average molecular weight is 441 g/mol. The second-order valence-corrected chi connectivity index (χ2v) is 14.7. The number of aliphatic hydroxyl groups is 2. The topological polar surface area (TPSA) is 40.5 Å². The van der Waals surface area contributed by atoms with E-state index < -0.39 is 0 Å². The predicted octanol–water partition coefficient (Wildman–Crippen LogP) is 7.06. The fourth-order valence-corrected chi connectivity index (χ4v) is 9.85. The monoisotopic (exact) mass is 440 g/mol. The van der Waals surface area contributed by atoms with Gasteiger partial charge in [0, 0.05) is 6.61 Å². The molecule has 3 fully saturated rings. The van der Waals surface area contributed by atoms with E-state index in [-0.39, 0.29) is 33.2 Å². The molecule has 8 atom stereocenters. The van der Waals surface area contributed by atoms with Gasteiger partial charge in [-0.3, -0.25) is 0 Å². The molecule has 0 bridgehead atoms. The molecule has 5 aliphatic carbocycles. The van der Waals surface area contributed by atoms with Crippen molar-refractivity contribution >= 4 is 0 Å². The van der Waals surface area contributed by atoms with Crippen molar-refractivity contribution in [3.05, 3.63) is 23.3 Å². The molecule has 5 rings (SSSR count). The average Bonchev–Trinajstić information content (AvgIpc) is 2.74. The van der Waals surface area contributed by atoms with Crippen molar-refractivity contribution in [2.45, 2.75) is 112 Å². The highest BCUT2D eigenvalue weighted by molar-refractivity contribution is 5.46. The Labute approximate surface area is 197 Å². The Balaban J connectivity index is 1.59. The molecule has 0 spiro atoms. The van der Waals surface area contributed by atoms with Crippen LogP contribution in [0.5, 0.6) is 0 Å². The molecule has 5 aliphatic rings. The van der Waals surface area contributed by atoms with Crippen LogP contribution >= 0.6 is 0 Å². The van der Waals surface area contributed by atoms with E-state index in [1.54, 1.807) is 11.1 Å². The van der Waals surface area contributed by atoms with Crippen LogP contribution in [0.2, 0.25) is 0 Å². The molecular formula is C30H48O2. The third kappa shape index (κ3) is 2.72. The SMILES string of the molecule is CC1(C)[C@H](O)CC[C@]2(C)C3=C(C=C[C@@H]12)[C@@]1(C)CC[C@@]2(C)CC[C@](C)(CO)C[C@@H]2[C@]1(C)CC3. The first kappa shape index (κ1) is 23.2. The van der Waals surface area contributed by atoms with Crippen LogP contribution in [-0.2, 0) is 0 Å². The summed E-state index contributed by atoms with van der Waals surface area (Å²) in [5, 5.41) is 21.1. The molecule has 0 heterocycles. The summed E-state index contributed by atoms with van der Waals surface area (Å²) in [6, 6.07) is 0. The Morgan fingerprint density at radius 1 is 0.906 bits per heavy atom. The lowest BCUT2D eigenvalue weighted by Gasteiger charge is -2.69. The van der Waals surface area contributed by atoms with Gasteiger partial charge in [-0.05, 0) is 108 Å². The van der Waals surface area contributed by atoms with Crippen molar-refractivity contribution in [2.24, 2.45) is 44.3 Å². The van der Waals surface area contributed by atoms with Crippen LogP contribution in [-0.4, -0.2) is 22.9 Å². The number of allylic oxidation sites excluding steroid dienone is 4. The van der Waals surface area contributed by atoms with Gasteiger partial charge in [0.25, 0.3) is 0 Å². The number of hydrogen-bond acceptors (Lipinski definition) is 2. The van der Waals surface area contributed by atoms with Gasteiger partial charge < -0.3 is 10.2 Å². The highest BCUT2D eigenvalue weighted by atomic mass is 16.3. The zero-order valence-corrected chi connectivity index (χ0v) is 21.9. The van der Waals surface area contributed by atoms with Gasteiger partial charge in [-0.25, -0.2) is 0 Å². The number of hydrogen-bond donors (Lipinski definition) is 2. The van der Waals surface area contributed by atoms with Crippen LogP contribution in [0.3, 0.4) is 0 Å². The largest absolute Gasteiger partial charge is 0.396 e. The molecule has 0 aromatic heterocycles. The Hall–Kier alpha value is -0.600. The predicted molar refractivity (Wildman–Crippen MR) is 132 cm³/mol. The summed E-state index contributed by atoms with van der Waals surface area (Å²) in [6.45, 7) is 17.5. The summed E-state index contributed by atoms with van der Waals surface area (Å²) in [5.41, 5.74) is 4.51. The van der Waals surface area contributed by atoms with Gasteiger partial charge in [0.05, 0.1) is 6.10 Å². The van der Waals surface area contributed by atoms with Crippen molar-refractivity contribution in [3.8, 4) is 0 Å². The second-order valence-electron chi connectivity index (χ2n) is 14.7. The maximum Gasteiger partial charge on any atom is 0.0597 e. The normalized spacial score (nSPS) is 54.3. The van der Waals surface area contributed by atoms with E-state index in [0.29, 0.717) is 23.9 Å². The second kappa shape index (κ2) is 6.75. The Bertz CT molecular complexity index is 868. The van der Waals surface area contributed by atoms with E-state index in [9.17, 15) is 10.2 Å². The van der Waals surface area contributed by atoms with Crippen molar-refractivity contribution in [3.63, 3.8) is 0 Å². The highest BCUT2D eigenvalue weighted by Gasteiger charge is 2.65. The van der Waals surface area contributed by atoms with Crippen molar-refractivity contribution < 1.29 is 10.2 Å². The van der Waals surface area contributed by atoms with Gasteiger partial charge in [-0.1, -0.05) is 66.2 Å². The fraction of sp³-hybridized carbons (Fsp3) is 0.867. The van der Waals surface area contributed by atoms with Gasteiger partial charge in [-0.15, -0.1) is 0 Å². The number of rotatable bonds is 1. The molecule has 180 valence electrons. The molecule has 2 heteroatoms. The van der Waals surface area contributed by atoms with Crippen LogP contribution in [0.4, 0.5) is 0 Å². The molecule has 0 amide bonds. The van der Waals surface area contributed by atoms with Crippen LogP contribution in [0.1, 0.15) is 106 Å². The van der Waals surface area contributed by atoms with Gasteiger partial charge >= 0.3 is 0 Å². The Kier molecular flexibility index (Phi) is 4.88. The Morgan fingerprint density at radius 3 is 2.28 bits per heavy atom. The molecule has 2 nitrogen and oxygen atoms in total. The van der Waals surface area contributed by atoms with Crippen LogP contribution < -0.4 is 0 Å². The zero-order chi connectivity index (χ0) is 23.4. The quantitative estimate of drug-likeness (QED) is 0.458. The minimum Gasteiger partial charge on any atom is -0.396 e. The molecule has 3 saturated carbocycles. The Morgan fingerprint density at radius 2 is 1.59 bits per heavy atom. The lowest BCUT2D eigenvalue weighted by molar-refractivity contribution is -0.154. The summed E-state index contributed by atoms with van der Waals surface area (Å²) < 4.78 is 0. The van der Waals surface area contributed by atoms with Crippen molar-refractivity contribution in [2.75, 3.05) is 6.61 Å². The number of fused-ring (bicyclic) bond motifs is 6. The fourth-order valence-electron chi connectivity index (χ4n) is 9.85. The summed E-state index contributed by atoms with van der Waals surface area (Å²) in [5.74, 6) is 1.10. The molecule has 0 unspecified atom stereocenters. The van der Waals surface area contributed by atoms with Gasteiger partial charge in [-0.2, -0.15) is 0 Å². The van der Waals surface area contributed by atoms with Crippen LogP contribution in [0.25, 0.3) is 0 Å². The van der Waals surface area contributed by atoms with Gasteiger partial charge in [0.15, 0.2) is 0 Å². The van der Waals surface area contributed by atoms with Crippen molar-refractivity contribution in [1.82, 2.24) is 0 Å². The molecule has 0 saturated heterocycles. The standard InChI is InChI=1S/C30H48O2/c1-25(2)22-9-8-21-20(28(22,5)12-11-24(25)32)10-13-30(7)23-18-26(3,19-31)14-15-27(23,4)16-17-29(21,30)6/h8-9,22-24,31-32H,10-19H2,1-7H3/t22-,23-,24+,26-,27+,28+,29+,30-/m0/s1. The van der Waals surface area contributed by atoms with Crippen LogP contribution in [0.15, 0.2) is 23.3 Å². The maximum atomic E-state index is 10.8. The zero-order valence-electron chi connectivity index (χ0n) is 21.9. The summed E-state index contributed by atoms with van der Waals surface area (Å²) in [7, 11) is 0. The summed E-state index contributed by atoms with van der Waals surface area (Å²) >= 11 is 0. The smallest absolute Gasteiger partial charge is 0.0597 e. The van der Waals surface area contributed by atoms with Crippen molar-refractivity contribution in [1.29, 1.82) is 0 Å². The van der Waals surface area contributed by atoms with Crippen LogP contribution in [0, 0.1) is 44.3 Å². The molecule has 0 aromatic rings. The summed E-state index contributed by atoms with van der Waals surface area (Å²) in [4.78, 5) is 0. The first-order chi connectivity index (χ1) is 14.8. The van der Waals surface area contributed by atoms with Gasteiger partial charge in [0.1, 0.15) is 0 Å². The minimum absolute atomic E-state index is 0.0683. The molecule has 32 heavy (non-hydrogen) atoms. The highest BCUT2D eigenvalue weighted by Crippen LogP contribution is 2.74. The van der Waals surface area contributed by atoms with E-state index in [4.69, 9.17) is 0 Å². The lowest BCUT2D eigenvalue weighted by atomic mass is 9.36. The molecular weight excluding hydrogens is 392 g/mol.